The fourth-order valence-electron chi connectivity index (χ4n) is 2.08. The molecular formula is C9H12O. The van der Waals surface area contributed by atoms with Gasteiger partial charge < -0.3 is 0 Å². The molecule has 0 radical (unpaired) electrons. The molecule has 1 heteroatoms. The summed E-state index contributed by atoms with van der Waals surface area (Å²) >= 11 is 0. The molecule has 0 spiro atoms. The lowest BCUT2D eigenvalue weighted by atomic mass is 9.81. The van der Waals surface area contributed by atoms with Crippen LogP contribution in [0.2, 0.25) is 0 Å². The summed E-state index contributed by atoms with van der Waals surface area (Å²) < 4.78 is 0. The zero-order chi connectivity index (χ0) is 6.97. The molecule has 0 N–H and O–H groups in total. The highest BCUT2D eigenvalue weighted by molar-refractivity contribution is 5.84. The van der Waals surface area contributed by atoms with Crippen molar-refractivity contribution in [2.45, 2.75) is 25.7 Å². The topological polar surface area (TPSA) is 17.1 Å². The second-order valence-electron chi connectivity index (χ2n) is 3.31. The highest BCUT2D eigenvalue weighted by atomic mass is 16.1. The van der Waals surface area contributed by atoms with Gasteiger partial charge in [-0.1, -0.05) is 12.2 Å². The molecule has 1 nitrogen and oxygen atoms in total. The van der Waals surface area contributed by atoms with Gasteiger partial charge in [0.2, 0.25) is 0 Å². The van der Waals surface area contributed by atoms with Crippen molar-refractivity contribution in [1.29, 1.82) is 0 Å². The van der Waals surface area contributed by atoms with Crippen molar-refractivity contribution in [3.63, 3.8) is 0 Å². The van der Waals surface area contributed by atoms with Crippen LogP contribution in [0.3, 0.4) is 0 Å². The van der Waals surface area contributed by atoms with E-state index >= 15 is 0 Å². The van der Waals surface area contributed by atoms with E-state index in [0.717, 1.165) is 19.3 Å². The van der Waals surface area contributed by atoms with Gasteiger partial charge in [-0.3, -0.25) is 4.79 Å². The number of Topliss-reactive ketones (excluding diaryl/α,β-unsaturated/α-hetero) is 1. The minimum atomic E-state index is 0.314. The number of allylic oxidation sites excluding steroid dienone is 2. The summed E-state index contributed by atoms with van der Waals surface area (Å²) in [4.78, 5) is 11.2. The predicted octanol–water partition coefficient (Wildman–Crippen LogP) is 1.93. The van der Waals surface area contributed by atoms with Gasteiger partial charge in [0.15, 0.2) is 0 Å². The maximum atomic E-state index is 11.2. The van der Waals surface area contributed by atoms with Crippen LogP contribution in [0.15, 0.2) is 12.2 Å². The summed E-state index contributed by atoms with van der Waals surface area (Å²) in [7, 11) is 0. The van der Waals surface area contributed by atoms with Crippen molar-refractivity contribution >= 4 is 5.78 Å². The zero-order valence-electron chi connectivity index (χ0n) is 6.05. The van der Waals surface area contributed by atoms with Crippen LogP contribution < -0.4 is 0 Å². The Labute approximate surface area is 61.1 Å². The molecule has 2 aliphatic carbocycles. The third kappa shape index (κ3) is 0.808. The van der Waals surface area contributed by atoms with Crippen molar-refractivity contribution in [2.75, 3.05) is 0 Å². The second-order valence-corrected chi connectivity index (χ2v) is 3.31. The SMILES string of the molecule is O=C1CCCC2CC=CC12. The van der Waals surface area contributed by atoms with E-state index in [1.807, 2.05) is 0 Å². The normalized spacial score (nSPS) is 38.2. The molecule has 2 aliphatic rings. The van der Waals surface area contributed by atoms with Gasteiger partial charge in [0.1, 0.15) is 5.78 Å². The Morgan fingerprint density at radius 3 is 3.20 bits per heavy atom. The molecule has 2 atom stereocenters. The molecule has 0 amide bonds. The second kappa shape index (κ2) is 2.22. The highest BCUT2D eigenvalue weighted by Crippen LogP contribution is 2.35. The van der Waals surface area contributed by atoms with Crippen LogP contribution in [0.4, 0.5) is 0 Å². The predicted molar refractivity (Wildman–Crippen MR) is 39.6 cm³/mol. The molecule has 0 heterocycles. The first kappa shape index (κ1) is 6.14. The molecule has 0 saturated heterocycles. The number of carbonyl (C=O) groups is 1. The summed E-state index contributed by atoms with van der Waals surface area (Å²) in [6, 6.07) is 0. The first-order chi connectivity index (χ1) is 4.88. The Hall–Kier alpha value is -0.590. The summed E-state index contributed by atoms with van der Waals surface area (Å²) in [5.74, 6) is 1.47. The third-order valence-corrected chi connectivity index (χ3v) is 2.66. The molecule has 1 saturated carbocycles. The maximum absolute atomic E-state index is 11.2. The molecule has 0 aromatic rings. The van der Waals surface area contributed by atoms with Crippen molar-refractivity contribution in [3.8, 4) is 0 Å². The van der Waals surface area contributed by atoms with Gasteiger partial charge in [-0.05, 0) is 25.2 Å². The Bertz CT molecular complexity index is 181. The number of rotatable bonds is 0. The fourth-order valence-corrected chi connectivity index (χ4v) is 2.08. The van der Waals surface area contributed by atoms with Crippen LogP contribution in [0, 0.1) is 11.8 Å². The summed E-state index contributed by atoms with van der Waals surface area (Å²) in [6.45, 7) is 0. The van der Waals surface area contributed by atoms with Crippen LogP contribution in [-0.2, 0) is 4.79 Å². The molecule has 0 aromatic carbocycles. The summed E-state index contributed by atoms with van der Waals surface area (Å²) in [6.07, 6.45) is 8.64. The lowest BCUT2D eigenvalue weighted by molar-refractivity contribution is -0.124. The van der Waals surface area contributed by atoms with Crippen molar-refractivity contribution in [2.24, 2.45) is 11.8 Å². The van der Waals surface area contributed by atoms with Crippen LogP contribution in [0.25, 0.3) is 0 Å². The monoisotopic (exact) mass is 136 g/mol. The first-order valence-electron chi connectivity index (χ1n) is 4.07. The minimum Gasteiger partial charge on any atom is -0.299 e. The van der Waals surface area contributed by atoms with E-state index in [0.29, 0.717) is 17.6 Å². The molecule has 2 unspecified atom stereocenters. The molecule has 0 aliphatic heterocycles. The molecular weight excluding hydrogens is 124 g/mol. The largest absolute Gasteiger partial charge is 0.299 e. The van der Waals surface area contributed by atoms with Gasteiger partial charge >= 0.3 is 0 Å². The smallest absolute Gasteiger partial charge is 0.140 e. The average Bonchev–Trinajstić information content (AvgIpc) is 2.36. The van der Waals surface area contributed by atoms with Crippen molar-refractivity contribution in [1.82, 2.24) is 0 Å². The zero-order valence-corrected chi connectivity index (χ0v) is 6.05. The van der Waals surface area contributed by atoms with Crippen molar-refractivity contribution in [3.05, 3.63) is 12.2 Å². The van der Waals surface area contributed by atoms with Gasteiger partial charge in [-0.15, -0.1) is 0 Å². The van der Waals surface area contributed by atoms with Gasteiger partial charge in [0, 0.05) is 12.3 Å². The number of carbonyl (C=O) groups excluding carboxylic acids is 1. The molecule has 0 bridgehead atoms. The molecule has 2 rings (SSSR count). The van der Waals surface area contributed by atoms with Crippen LogP contribution in [0.5, 0.6) is 0 Å². The van der Waals surface area contributed by atoms with E-state index in [4.69, 9.17) is 0 Å². The maximum Gasteiger partial charge on any atom is 0.140 e. The van der Waals surface area contributed by atoms with E-state index in [1.54, 1.807) is 0 Å². The first-order valence-corrected chi connectivity index (χ1v) is 4.07. The molecule has 0 aromatic heterocycles. The van der Waals surface area contributed by atoms with Gasteiger partial charge in [-0.25, -0.2) is 0 Å². The summed E-state index contributed by atoms with van der Waals surface area (Å²) in [5.41, 5.74) is 0. The average molecular weight is 136 g/mol. The minimum absolute atomic E-state index is 0.314. The number of fused-ring (bicyclic) bond motifs is 1. The van der Waals surface area contributed by atoms with E-state index in [2.05, 4.69) is 12.2 Å². The lowest BCUT2D eigenvalue weighted by Crippen LogP contribution is -2.23. The standard InChI is InChI=1S/C9H12O/c10-9-6-2-4-7-3-1-5-8(7)9/h1,5,7-8H,2-4,6H2. The van der Waals surface area contributed by atoms with Gasteiger partial charge in [-0.2, -0.15) is 0 Å². The molecule has 54 valence electrons. The Kier molecular flexibility index (Phi) is 1.37. The van der Waals surface area contributed by atoms with Crippen molar-refractivity contribution < 1.29 is 4.79 Å². The Morgan fingerprint density at radius 1 is 1.50 bits per heavy atom. The van der Waals surface area contributed by atoms with E-state index in [-0.39, 0.29) is 0 Å². The Morgan fingerprint density at radius 2 is 2.40 bits per heavy atom. The van der Waals surface area contributed by atoms with E-state index in [9.17, 15) is 4.79 Å². The number of ketones is 1. The summed E-state index contributed by atoms with van der Waals surface area (Å²) in [5, 5.41) is 0. The molecule has 10 heavy (non-hydrogen) atoms. The number of hydrogen-bond donors (Lipinski definition) is 0. The van der Waals surface area contributed by atoms with Crippen LogP contribution in [-0.4, -0.2) is 5.78 Å². The molecule has 1 fully saturated rings. The van der Waals surface area contributed by atoms with E-state index in [1.165, 1.54) is 6.42 Å². The lowest BCUT2D eigenvalue weighted by Gasteiger charge is -2.22. The fraction of sp³-hybridized carbons (Fsp3) is 0.667. The Balaban J connectivity index is 2.16. The van der Waals surface area contributed by atoms with Crippen LogP contribution >= 0.6 is 0 Å². The third-order valence-electron chi connectivity index (χ3n) is 2.66. The van der Waals surface area contributed by atoms with Gasteiger partial charge in [0.05, 0.1) is 0 Å². The van der Waals surface area contributed by atoms with Crippen LogP contribution in [0.1, 0.15) is 25.7 Å². The van der Waals surface area contributed by atoms with E-state index < -0.39 is 0 Å². The number of hydrogen-bond acceptors (Lipinski definition) is 1. The highest BCUT2D eigenvalue weighted by Gasteiger charge is 2.31. The van der Waals surface area contributed by atoms with Gasteiger partial charge in [0.25, 0.3) is 0 Å². The quantitative estimate of drug-likeness (QED) is 0.465.